The standard InChI is InChI=1S/C17H16NO2Se/c1-19-15-7-3-13(4-8-15)17-11-12-18(21-17)14-5-9-16(20-2)10-6-14/h3-12H,1-2H3/q+1. The number of benzene rings is 2. The molecule has 0 fully saturated rings. The number of ether oxygens (including phenoxy) is 2. The number of aromatic nitrogens is 1. The van der Waals surface area contributed by atoms with Crippen molar-refractivity contribution >= 4 is 14.7 Å². The van der Waals surface area contributed by atoms with Gasteiger partial charge in [-0.1, -0.05) is 0 Å². The molecule has 0 bridgehead atoms. The van der Waals surface area contributed by atoms with Gasteiger partial charge in [0.2, 0.25) is 0 Å². The summed E-state index contributed by atoms with van der Waals surface area (Å²) in [6.45, 7) is 0. The van der Waals surface area contributed by atoms with Gasteiger partial charge in [0.05, 0.1) is 0 Å². The van der Waals surface area contributed by atoms with E-state index in [1.807, 2.05) is 24.3 Å². The third kappa shape index (κ3) is 3.02. The predicted octanol–water partition coefficient (Wildman–Crippen LogP) is 2.70. The summed E-state index contributed by atoms with van der Waals surface area (Å²) in [4.78, 5) is 0. The fourth-order valence-corrected chi connectivity index (χ4v) is 4.01. The van der Waals surface area contributed by atoms with E-state index in [1.54, 1.807) is 14.2 Å². The van der Waals surface area contributed by atoms with Gasteiger partial charge in [-0.3, -0.25) is 0 Å². The molecular weight excluding hydrogens is 329 g/mol. The first-order valence-corrected chi connectivity index (χ1v) is 8.23. The van der Waals surface area contributed by atoms with Crippen molar-refractivity contribution in [1.82, 2.24) is 0 Å². The molecule has 0 atom stereocenters. The van der Waals surface area contributed by atoms with E-state index in [-0.39, 0.29) is 14.7 Å². The molecule has 0 saturated carbocycles. The predicted molar refractivity (Wildman–Crippen MR) is 83.5 cm³/mol. The first-order valence-electron chi connectivity index (χ1n) is 6.61. The molecule has 0 aliphatic carbocycles. The van der Waals surface area contributed by atoms with Crippen molar-refractivity contribution in [2.45, 2.75) is 0 Å². The van der Waals surface area contributed by atoms with Crippen LogP contribution in [-0.2, 0) is 0 Å². The molecule has 0 aliphatic heterocycles. The van der Waals surface area contributed by atoms with E-state index in [2.05, 4.69) is 40.1 Å². The van der Waals surface area contributed by atoms with E-state index in [0.29, 0.717) is 0 Å². The molecule has 0 spiro atoms. The third-order valence-electron chi connectivity index (χ3n) is 3.26. The molecule has 0 radical (unpaired) electrons. The molecule has 2 aromatic carbocycles. The molecule has 0 unspecified atom stereocenters. The summed E-state index contributed by atoms with van der Waals surface area (Å²) >= 11 is 0.253. The first kappa shape index (κ1) is 13.9. The van der Waals surface area contributed by atoms with Gasteiger partial charge < -0.3 is 0 Å². The Hall–Kier alpha value is -2.03. The second-order valence-electron chi connectivity index (χ2n) is 4.52. The second-order valence-corrected chi connectivity index (χ2v) is 6.65. The molecule has 3 nitrogen and oxygen atoms in total. The van der Waals surface area contributed by atoms with Crippen LogP contribution in [0.15, 0.2) is 60.8 Å². The quantitative estimate of drug-likeness (QED) is 0.679. The number of methoxy groups -OCH3 is 2. The van der Waals surface area contributed by atoms with E-state index in [9.17, 15) is 0 Å². The fourth-order valence-electron chi connectivity index (χ4n) is 2.07. The van der Waals surface area contributed by atoms with Crippen LogP contribution >= 0.6 is 0 Å². The van der Waals surface area contributed by atoms with Crippen LogP contribution in [0.4, 0.5) is 0 Å². The Labute approximate surface area is 130 Å². The Balaban J connectivity index is 1.87. The average Bonchev–Trinajstić information content (AvgIpc) is 3.05. The molecule has 1 heterocycles. The summed E-state index contributed by atoms with van der Waals surface area (Å²) < 4.78 is 14.0. The monoisotopic (exact) mass is 346 g/mol. The Bertz CT molecular complexity index is 655. The molecule has 3 aromatic rings. The van der Waals surface area contributed by atoms with Gasteiger partial charge in [-0.15, -0.1) is 0 Å². The molecule has 0 aliphatic rings. The van der Waals surface area contributed by atoms with Crippen molar-refractivity contribution in [1.29, 1.82) is 0 Å². The Kier molecular flexibility index (Phi) is 4.09. The topological polar surface area (TPSA) is 22.3 Å². The molecule has 106 valence electrons. The Morgan fingerprint density at radius 1 is 0.762 bits per heavy atom. The van der Waals surface area contributed by atoms with Crippen LogP contribution in [0, 0.1) is 0 Å². The number of nitrogens with zero attached hydrogens (tertiary/aromatic N) is 1. The van der Waals surface area contributed by atoms with Gasteiger partial charge in [-0.05, 0) is 0 Å². The van der Waals surface area contributed by atoms with Crippen LogP contribution < -0.4 is 13.0 Å². The van der Waals surface area contributed by atoms with Crippen LogP contribution in [0.1, 0.15) is 0 Å². The Morgan fingerprint density at radius 2 is 1.33 bits per heavy atom. The van der Waals surface area contributed by atoms with Gasteiger partial charge in [0, 0.05) is 0 Å². The Morgan fingerprint density at radius 3 is 1.90 bits per heavy atom. The summed E-state index contributed by atoms with van der Waals surface area (Å²) in [5, 5.41) is 0. The zero-order valence-electron chi connectivity index (χ0n) is 11.9. The van der Waals surface area contributed by atoms with Gasteiger partial charge in [-0.2, -0.15) is 0 Å². The summed E-state index contributed by atoms with van der Waals surface area (Å²) in [7, 11) is 3.37. The van der Waals surface area contributed by atoms with Gasteiger partial charge in [0.1, 0.15) is 0 Å². The summed E-state index contributed by atoms with van der Waals surface area (Å²) in [5.74, 6) is 1.77. The van der Waals surface area contributed by atoms with Gasteiger partial charge in [0.15, 0.2) is 0 Å². The van der Waals surface area contributed by atoms with Crippen molar-refractivity contribution in [2.24, 2.45) is 0 Å². The van der Waals surface area contributed by atoms with Crippen LogP contribution in [0.25, 0.3) is 15.7 Å². The summed E-state index contributed by atoms with van der Waals surface area (Å²) in [5.41, 5.74) is 2.44. The second kappa shape index (κ2) is 6.17. The molecular formula is C17H16NO2Se+. The SMILES string of the molecule is COc1ccc(-c2cc[n+](-c3ccc(OC)cc3)[se]2)cc1. The maximum absolute atomic E-state index is 5.20. The average molecular weight is 345 g/mol. The van der Waals surface area contributed by atoms with E-state index in [1.165, 1.54) is 15.7 Å². The van der Waals surface area contributed by atoms with Crippen molar-refractivity contribution in [3.05, 3.63) is 60.8 Å². The molecule has 0 saturated heterocycles. The first-order chi connectivity index (χ1) is 10.3. The molecule has 4 heteroatoms. The molecule has 1 aromatic heterocycles. The van der Waals surface area contributed by atoms with Crippen molar-refractivity contribution in [2.75, 3.05) is 14.2 Å². The summed E-state index contributed by atoms with van der Waals surface area (Å²) in [6.07, 6.45) is 2.14. The van der Waals surface area contributed by atoms with Crippen LogP contribution in [0.2, 0.25) is 0 Å². The number of hydrogen-bond donors (Lipinski definition) is 0. The molecule has 0 N–H and O–H groups in total. The van der Waals surface area contributed by atoms with Gasteiger partial charge in [-0.25, -0.2) is 0 Å². The normalized spacial score (nSPS) is 10.4. The van der Waals surface area contributed by atoms with Crippen LogP contribution in [-0.4, -0.2) is 29.0 Å². The van der Waals surface area contributed by atoms with Crippen molar-refractivity contribution in [3.63, 3.8) is 0 Å². The van der Waals surface area contributed by atoms with E-state index in [0.717, 1.165) is 11.5 Å². The zero-order chi connectivity index (χ0) is 14.7. The van der Waals surface area contributed by atoms with Crippen LogP contribution in [0.5, 0.6) is 11.5 Å². The number of hydrogen-bond acceptors (Lipinski definition) is 2. The fraction of sp³-hybridized carbons (Fsp3) is 0.118. The maximum atomic E-state index is 5.20. The van der Waals surface area contributed by atoms with Crippen LogP contribution in [0.3, 0.4) is 0 Å². The molecule has 21 heavy (non-hydrogen) atoms. The molecule has 3 rings (SSSR count). The van der Waals surface area contributed by atoms with E-state index in [4.69, 9.17) is 9.47 Å². The molecule has 0 amide bonds. The van der Waals surface area contributed by atoms with Gasteiger partial charge >= 0.3 is 130 Å². The van der Waals surface area contributed by atoms with E-state index >= 15 is 0 Å². The van der Waals surface area contributed by atoms with E-state index < -0.39 is 0 Å². The van der Waals surface area contributed by atoms with Crippen molar-refractivity contribution in [3.8, 4) is 27.2 Å². The van der Waals surface area contributed by atoms with Gasteiger partial charge in [0.25, 0.3) is 0 Å². The minimum absolute atomic E-state index is 0.253. The minimum atomic E-state index is 0.253. The van der Waals surface area contributed by atoms with Crippen molar-refractivity contribution < 1.29 is 13.0 Å². The zero-order valence-corrected chi connectivity index (χ0v) is 13.7. The number of rotatable bonds is 4. The third-order valence-corrected chi connectivity index (χ3v) is 5.56. The summed E-state index contributed by atoms with van der Waals surface area (Å²) in [6, 6.07) is 18.6.